The average molecular weight is 479 g/mol. The van der Waals surface area contributed by atoms with Crippen LogP contribution in [0.1, 0.15) is 43.8 Å². The highest BCUT2D eigenvalue weighted by atomic mass is 127. The number of thiazole rings is 1. The Labute approximate surface area is 174 Å². The molecule has 1 unspecified atom stereocenters. The molecule has 1 aromatic rings. The van der Waals surface area contributed by atoms with Crippen molar-refractivity contribution in [2.45, 2.75) is 52.5 Å². The van der Waals surface area contributed by atoms with Crippen LogP contribution < -0.4 is 10.6 Å². The normalized spacial score (nSPS) is 16.8. The van der Waals surface area contributed by atoms with E-state index in [1.807, 2.05) is 7.05 Å². The average Bonchev–Trinajstić information content (AvgIpc) is 3.20. The summed E-state index contributed by atoms with van der Waals surface area (Å²) in [6.45, 7) is 11.0. The summed E-state index contributed by atoms with van der Waals surface area (Å²) in [7, 11) is 1.84. The lowest BCUT2D eigenvalue weighted by Gasteiger charge is -2.29. The summed E-state index contributed by atoms with van der Waals surface area (Å²) in [5.41, 5.74) is 1.16. The number of aryl methyl sites for hydroxylation is 1. The number of rotatable bonds is 8. The number of halogens is 1. The van der Waals surface area contributed by atoms with Crippen molar-refractivity contribution in [3.8, 4) is 0 Å². The van der Waals surface area contributed by atoms with Crippen LogP contribution in [0.3, 0.4) is 0 Å². The van der Waals surface area contributed by atoms with E-state index in [-0.39, 0.29) is 24.0 Å². The molecule has 25 heavy (non-hydrogen) atoms. The lowest BCUT2D eigenvalue weighted by Crippen LogP contribution is -2.47. The molecule has 7 heteroatoms. The van der Waals surface area contributed by atoms with E-state index in [1.165, 1.54) is 32.4 Å². The van der Waals surface area contributed by atoms with E-state index in [0.717, 1.165) is 42.1 Å². The molecule has 0 bridgehead atoms. The summed E-state index contributed by atoms with van der Waals surface area (Å²) < 4.78 is 0. The second kappa shape index (κ2) is 12.1. The van der Waals surface area contributed by atoms with Gasteiger partial charge >= 0.3 is 0 Å². The van der Waals surface area contributed by atoms with Crippen LogP contribution in [0, 0.1) is 12.8 Å². The fourth-order valence-corrected chi connectivity index (χ4v) is 3.93. The van der Waals surface area contributed by atoms with Crippen LogP contribution in [0.15, 0.2) is 10.4 Å². The SMILES string of the molecule is CN=C(NCCc1csc(C)n1)NCC(CC(C)C)N1CCCC1.I. The minimum absolute atomic E-state index is 0. The highest BCUT2D eigenvalue weighted by Gasteiger charge is 2.22. The zero-order chi connectivity index (χ0) is 17.4. The first-order chi connectivity index (χ1) is 11.6. The van der Waals surface area contributed by atoms with Crippen LogP contribution >= 0.6 is 35.3 Å². The number of nitrogens with one attached hydrogen (secondary N) is 2. The van der Waals surface area contributed by atoms with Gasteiger partial charge < -0.3 is 10.6 Å². The molecule has 1 atom stereocenters. The fraction of sp³-hybridized carbons (Fsp3) is 0.778. The molecule has 1 saturated heterocycles. The molecule has 1 aliphatic heterocycles. The molecule has 144 valence electrons. The van der Waals surface area contributed by atoms with Gasteiger partial charge in [-0.1, -0.05) is 13.8 Å². The van der Waals surface area contributed by atoms with E-state index in [0.29, 0.717) is 6.04 Å². The van der Waals surface area contributed by atoms with Crippen molar-refractivity contribution in [3.63, 3.8) is 0 Å². The summed E-state index contributed by atoms with van der Waals surface area (Å²) in [4.78, 5) is 11.5. The van der Waals surface area contributed by atoms with Crippen LogP contribution in [0.5, 0.6) is 0 Å². The van der Waals surface area contributed by atoms with Gasteiger partial charge in [0.15, 0.2) is 5.96 Å². The molecule has 0 spiro atoms. The van der Waals surface area contributed by atoms with Crippen molar-refractivity contribution in [2.24, 2.45) is 10.9 Å². The van der Waals surface area contributed by atoms with Crippen LogP contribution in [0.2, 0.25) is 0 Å². The highest BCUT2D eigenvalue weighted by Crippen LogP contribution is 2.17. The largest absolute Gasteiger partial charge is 0.356 e. The van der Waals surface area contributed by atoms with E-state index in [1.54, 1.807) is 11.3 Å². The van der Waals surface area contributed by atoms with Crippen molar-refractivity contribution in [2.75, 3.05) is 33.2 Å². The van der Waals surface area contributed by atoms with E-state index < -0.39 is 0 Å². The monoisotopic (exact) mass is 479 g/mol. The van der Waals surface area contributed by atoms with Crippen molar-refractivity contribution in [3.05, 3.63) is 16.1 Å². The molecule has 2 N–H and O–H groups in total. The first-order valence-electron chi connectivity index (χ1n) is 9.18. The Bertz CT molecular complexity index is 511. The smallest absolute Gasteiger partial charge is 0.191 e. The quantitative estimate of drug-likeness (QED) is 0.342. The van der Waals surface area contributed by atoms with Gasteiger partial charge in [-0.15, -0.1) is 35.3 Å². The third-order valence-electron chi connectivity index (χ3n) is 4.47. The fourth-order valence-electron chi connectivity index (χ4n) is 3.28. The molecule has 2 rings (SSSR count). The maximum atomic E-state index is 4.50. The van der Waals surface area contributed by atoms with Gasteiger partial charge in [0.25, 0.3) is 0 Å². The second-order valence-corrected chi connectivity index (χ2v) is 8.08. The summed E-state index contributed by atoms with van der Waals surface area (Å²) in [6, 6.07) is 0.604. The zero-order valence-corrected chi connectivity index (χ0v) is 19.2. The van der Waals surface area contributed by atoms with E-state index in [9.17, 15) is 0 Å². The molecule has 1 aromatic heterocycles. The summed E-state index contributed by atoms with van der Waals surface area (Å²) >= 11 is 1.71. The maximum Gasteiger partial charge on any atom is 0.191 e. The molecule has 0 aromatic carbocycles. The van der Waals surface area contributed by atoms with E-state index >= 15 is 0 Å². The molecular formula is C18H34IN5S. The number of nitrogens with zero attached hydrogens (tertiary/aromatic N) is 3. The minimum Gasteiger partial charge on any atom is -0.356 e. The van der Waals surface area contributed by atoms with Crippen molar-refractivity contribution >= 4 is 41.3 Å². The van der Waals surface area contributed by atoms with E-state index in [2.05, 4.69) is 51.7 Å². The van der Waals surface area contributed by atoms with Gasteiger partial charge in [-0.2, -0.15) is 0 Å². The summed E-state index contributed by atoms with van der Waals surface area (Å²) in [5.74, 6) is 1.62. The van der Waals surface area contributed by atoms with Crippen molar-refractivity contribution < 1.29 is 0 Å². The Morgan fingerprint density at radius 2 is 2.04 bits per heavy atom. The first kappa shape index (κ1) is 22.6. The summed E-state index contributed by atoms with van der Waals surface area (Å²) in [5, 5.41) is 10.2. The lowest BCUT2D eigenvalue weighted by atomic mass is 10.0. The molecule has 5 nitrogen and oxygen atoms in total. The number of hydrogen-bond donors (Lipinski definition) is 2. The standard InChI is InChI=1S/C18H33N5S.HI/c1-14(2)11-17(23-9-5-6-10-23)12-21-18(19-4)20-8-7-16-13-24-15(3)22-16;/h13-14,17H,5-12H2,1-4H3,(H2,19,20,21);1H. The lowest BCUT2D eigenvalue weighted by molar-refractivity contribution is 0.213. The molecule has 1 aliphatic rings. The van der Waals surface area contributed by atoms with Gasteiger partial charge in [0.1, 0.15) is 0 Å². The molecule has 2 heterocycles. The van der Waals surface area contributed by atoms with Crippen LogP contribution in [0.25, 0.3) is 0 Å². The first-order valence-corrected chi connectivity index (χ1v) is 10.1. The molecule has 0 amide bonds. The van der Waals surface area contributed by atoms with Gasteiger partial charge in [-0.05, 0) is 45.2 Å². The number of hydrogen-bond acceptors (Lipinski definition) is 4. The number of likely N-dealkylation sites (tertiary alicyclic amines) is 1. The van der Waals surface area contributed by atoms with Crippen LogP contribution in [0.4, 0.5) is 0 Å². The van der Waals surface area contributed by atoms with Gasteiger partial charge in [0.05, 0.1) is 10.7 Å². The van der Waals surface area contributed by atoms with Crippen LogP contribution in [-0.2, 0) is 6.42 Å². The highest BCUT2D eigenvalue weighted by molar-refractivity contribution is 14.0. The zero-order valence-electron chi connectivity index (χ0n) is 16.0. The van der Waals surface area contributed by atoms with Gasteiger partial charge in [-0.25, -0.2) is 4.98 Å². The second-order valence-electron chi connectivity index (χ2n) is 7.01. The molecule has 0 radical (unpaired) electrons. The number of guanidine groups is 1. The van der Waals surface area contributed by atoms with Gasteiger partial charge in [-0.3, -0.25) is 9.89 Å². The Hall–Kier alpha value is -0.410. The maximum absolute atomic E-state index is 4.50. The minimum atomic E-state index is 0. The topological polar surface area (TPSA) is 52.6 Å². The molecular weight excluding hydrogens is 445 g/mol. The van der Waals surface area contributed by atoms with Crippen molar-refractivity contribution in [1.82, 2.24) is 20.5 Å². The predicted molar refractivity (Wildman–Crippen MR) is 119 cm³/mol. The molecule has 0 aliphatic carbocycles. The Morgan fingerprint density at radius 3 is 2.60 bits per heavy atom. The van der Waals surface area contributed by atoms with E-state index in [4.69, 9.17) is 0 Å². The van der Waals surface area contributed by atoms with Gasteiger partial charge in [0.2, 0.25) is 0 Å². The molecule has 1 fully saturated rings. The van der Waals surface area contributed by atoms with Crippen molar-refractivity contribution in [1.29, 1.82) is 0 Å². The summed E-state index contributed by atoms with van der Waals surface area (Å²) in [6.07, 6.45) is 4.86. The third-order valence-corrected chi connectivity index (χ3v) is 5.29. The van der Waals surface area contributed by atoms with Crippen LogP contribution in [-0.4, -0.2) is 55.1 Å². The number of aromatic nitrogens is 1. The Kier molecular flexibility index (Phi) is 10.9. The predicted octanol–water partition coefficient (Wildman–Crippen LogP) is 3.29. The Morgan fingerprint density at radius 1 is 1.32 bits per heavy atom. The third kappa shape index (κ3) is 8.21. The van der Waals surface area contributed by atoms with Gasteiger partial charge in [0, 0.05) is 38.0 Å². The number of aliphatic imine (C=N–C) groups is 1. The molecule has 0 saturated carbocycles. The Balaban J connectivity index is 0.00000312.